The summed E-state index contributed by atoms with van der Waals surface area (Å²) in [5.74, 6) is 0.497. The highest BCUT2D eigenvalue weighted by Gasteiger charge is 2.25. The van der Waals surface area contributed by atoms with E-state index in [0.717, 1.165) is 0 Å². The first-order valence-electron chi connectivity index (χ1n) is 12.5. The van der Waals surface area contributed by atoms with Crippen LogP contribution in [0.3, 0.4) is 0 Å². The average Bonchev–Trinajstić information content (AvgIpc) is 3.19. The summed E-state index contributed by atoms with van der Waals surface area (Å²) in [7, 11) is 2.19. The van der Waals surface area contributed by atoms with Gasteiger partial charge in [0.1, 0.15) is 7.05 Å². The molecule has 7 rings (SSSR count). The van der Waals surface area contributed by atoms with Crippen LogP contribution in [-0.4, -0.2) is 4.40 Å². The van der Waals surface area contributed by atoms with E-state index in [0.29, 0.717) is 5.92 Å². The zero-order valence-corrected chi connectivity index (χ0v) is 21.0. The summed E-state index contributed by atoms with van der Waals surface area (Å²) in [6.45, 7) is 9.10. The fourth-order valence-electron chi connectivity index (χ4n) is 6.08. The largest absolute Gasteiger partial charge is 0.307 e. The minimum Gasteiger partial charge on any atom is -0.307 e. The molecule has 0 aliphatic heterocycles. The molecule has 0 aliphatic carbocycles. The Morgan fingerprint density at radius 2 is 1.54 bits per heavy atom. The summed E-state index contributed by atoms with van der Waals surface area (Å²) in [6.07, 6.45) is 2.22. The molecule has 170 valence electrons. The second kappa shape index (κ2) is 7.05. The Morgan fingerprint density at radius 3 is 2.31 bits per heavy atom. The number of nitrogens with zero attached hydrogens (tertiary/aromatic N) is 2. The number of aromatic nitrogens is 2. The zero-order valence-electron chi connectivity index (χ0n) is 21.0. The number of hydrogen-bond donors (Lipinski definition) is 0. The van der Waals surface area contributed by atoms with E-state index >= 15 is 0 Å². The Labute approximate surface area is 205 Å². The first-order valence-corrected chi connectivity index (χ1v) is 12.5. The van der Waals surface area contributed by atoms with E-state index in [1.807, 2.05) is 0 Å². The van der Waals surface area contributed by atoms with Crippen molar-refractivity contribution in [3.8, 4) is 11.1 Å². The number of rotatable bonds is 2. The highest BCUT2D eigenvalue weighted by atomic mass is 15.0. The average molecular weight is 454 g/mol. The summed E-state index contributed by atoms with van der Waals surface area (Å²) >= 11 is 0. The predicted octanol–water partition coefficient (Wildman–Crippen LogP) is 8.22. The topological polar surface area (TPSA) is 8.29 Å². The molecule has 0 amide bonds. The lowest BCUT2D eigenvalue weighted by Crippen LogP contribution is -2.29. The highest BCUT2D eigenvalue weighted by Crippen LogP contribution is 2.43. The Balaban J connectivity index is 1.82. The first-order chi connectivity index (χ1) is 16.9. The lowest BCUT2D eigenvalue weighted by atomic mass is 9.94. The van der Waals surface area contributed by atoms with E-state index in [4.69, 9.17) is 0 Å². The molecule has 0 atom stereocenters. The third-order valence-electron chi connectivity index (χ3n) is 8.06. The fraction of sp³-hybridized carbons (Fsp3) is 0.182. The minimum atomic E-state index is 0.497. The van der Waals surface area contributed by atoms with Crippen molar-refractivity contribution < 1.29 is 4.57 Å². The van der Waals surface area contributed by atoms with Gasteiger partial charge in [0.15, 0.2) is 6.20 Å². The van der Waals surface area contributed by atoms with Crippen LogP contribution in [0.5, 0.6) is 0 Å². The maximum absolute atomic E-state index is 2.54. The fourth-order valence-corrected chi connectivity index (χ4v) is 6.08. The van der Waals surface area contributed by atoms with Crippen molar-refractivity contribution >= 4 is 49.0 Å². The van der Waals surface area contributed by atoms with Crippen molar-refractivity contribution in [1.82, 2.24) is 4.40 Å². The van der Waals surface area contributed by atoms with E-state index in [2.05, 4.69) is 123 Å². The molecule has 0 bridgehead atoms. The molecule has 0 aliphatic rings. The van der Waals surface area contributed by atoms with Crippen LogP contribution in [0.2, 0.25) is 0 Å². The van der Waals surface area contributed by atoms with Gasteiger partial charge in [0.05, 0.1) is 27.3 Å². The number of fused-ring (bicyclic) bond motifs is 5. The van der Waals surface area contributed by atoms with Crippen molar-refractivity contribution in [3.05, 3.63) is 95.7 Å². The zero-order chi connectivity index (χ0) is 24.0. The Morgan fingerprint density at radius 1 is 0.743 bits per heavy atom. The maximum atomic E-state index is 2.54. The van der Waals surface area contributed by atoms with Gasteiger partial charge in [-0.1, -0.05) is 50.2 Å². The van der Waals surface area contributed by atoms with Gasteiger partial charge in [-0.2, -0.15) is 0 Å². The molecular formula is C33H29N2+. The molecule has 7 aromatic rings. The highest BCUT2D eigenvalue weighted by molar-refractivity contribution is 6.26. The molecule has 0 saturated carbocycles. The van der Waals surface area contributed by atoms with Crippen molar-refractivity contribution in [3.63, 3.8) is 0 Å². The second-order valence-electron chi connectivity index (χ2n) is 10.5. The Kier molecular flexibility index (Phi) is 4.12. The van der Waals surface area contributed by atoms with Crippen LogP contribution in [0.25, 0.3) is 60.1 Å². The molecule has 3 aromatic heterocycles. The molecule has 2 heteroatoms. The number of pyridine rings is 2. The van der Waals surface area contributed by atoms with Gasteiger partial charge in [-0.25, -0.2) is 4.57 Å². The smallest absolute Gasteiger partial charge is 0.224 e. The van der Waals surface area contributed by atoms with E-state index < -0.39 is 0 Å². The van der Waals surface area contributed by atoms with Crippen molar-refractivity contribution in [2.75, 3.05) is 0 Å². The summed E-state index contributed by atoms with van der Waals surface area (Å²) in [4.78, 5) is 0. The molecule has 0 saturated heterocycles. The van der Waals surface area contributed by atoms with Gasteiger partial charge in [-0.15, -0.1) is 0 Å². The van der Waals surface area contributed by atoms with Gasteiger partial charge in [-0.3, -0.25) is 0 Å². The molecule has 2 nitrogen and oxygen atoms in total. The Hall–Kier alpha value is -3.91. The minimum absolute atomic E-state index is 0.497. The van der Waals surface area contributed by atoms with Crippen LogP contribution in [0.1, 0.15) is 36.5 Å². The molecule has 0 N–H and O–H groups in total. The molecule has 0 spiro atoms. The summed E-state index contributed by atoms with van der Waals surface area (Å²) in [6, 6.07) is 27.3. The van der Waals surface area contributed by atoms with Crippen LogP contribution >= 0.6 is 0 Å². The maximum Gasteiger partial charge on any atom is 0.224 e. The van der Waals surface area contributed by atoms with Crippen molar-refractivity contribution in [2.24, 2.45) is 7.05 Å². The number of aryl methyl sites for hydroxylation is 3. The van der Waals surface area contributed by atoms with Crippen LogP contribution in [-0.2, 0) is 7.05 Å². The van der Waals surface area contributed by atoms with Gasteiger partial charge in [0.25, 0.3) is 0 Å². The van der Waals surface area contributed by atoms with Crippen LogP contribution < -0.4 is 4.57 Å². The third kappa shape index (κ3) is 2.68. The second-order valence-corrected chi connectivity index (χ2v) is 10.5. The summed E-state index contributed by atoms with van der Waals surface area (Å²) < 4.78 is 4.86. The van der Waals surface area contributed by atoms with E-state index in [-0.39, 0.29) is 0 Å². The summed E-state index contributed by atoms with van der Waals surface area (Å²) in [5.41, 5.74) is 11.8. The number of benzene rings is 4. The van der Waals surface area contributed by atoms with Gasteiger partial charge >= 0.3 is 0 Å². The lowest BCUT2D eigenvalue weighted by molar-refractivity contribution is -0.643. The molecule has 35 heavy (non-hydrogen) atoms. The molecule has 0 fully saturated rings. The van der Waals surface area contributed by atoms with Gasteiger partial charge < -0.3 is 4.40 Å². The molecule has 0 unspecified atom stereocenters. The van der Waals surface area contributed by atoms with E-state index in [9.17, 15) is 0 Å². The van der Waals surface area contributed by atoms with Crippen molar-refractivity contribution in [2.45, 2.75) is 33.6 Å². The standard InChI is InChI=1S/C33H29N2/c1-19(2)23-11-12-28-26(17-23)27-15-20(3)21(4)30-32(27)35(28)29-18-25(22-9-7-6-8-10-22)16-24-13-14-34(5)33(30)31(24)29/h6-19H,1-5H3/q+1. The van der Waals surface area contributed by atoms with Crippen LogP contribution in [0, 0.1) is 13.8 Å². The SMILES string of the molecule is Cc1cc2c3cc(C(C)C)ccc3n3c4cc(-c5ccccc5)cc5cc[n+](C)c(c(c1C)c23)c54. The quantitative estimate of drug-likeness (QED) is 0.142. The third-order valence-corrected chi connectivity index (χ3v) is 8.06. The molecular weight excluding hydrogens is 424 g/mol. The lowest BCUT2D eigenvalue weighted by Gasteiger charge is -2.15. The van der Waals surface area contributed by atoms with Gasteiger partial charge in [0, 0.05) is 16.8 Å². The molecule has 3 heterocycles. The molecule has 0 radical (unpaired) electrons. The normalized spacial score (nSPS) is 12.4. The monoisotopic (exact) mass is 453 g/mol. The molecule has 4 aromatic carbocycles. The van der Waals surface area contributed by atoms with Crippen LogP contribution in [0.15, 0.2) is 79.0 Å². The van der Waals surface area contributed by atoms with Crippen LogP contribution in [0.4, 0.5) is 0 Å². The van der Waals surface area contributed by atoms with Gasteiger partial charge in [0.2, 0.25) is 5.52 Å². The summed E-state index contributed by atoms with van der Waals surface area (Å²) in [5, 5.41) is 6.70. The predicted molar refractivity (Wildman–Crippen MR) is 149 cm³/mol. The van der Waals surface area contributed by atoms with E-state index in [1.54, 1.807) is 0 Å². The number of hydrogen-bond acceptors (Lipinski definition) is 0. The van der Waals surface area contributed by atoms with E-state index in [1.165, 1.54) is 76.8 Å². The van der Waals surface area contributed by atoms with Gasteiger partial charge in [-0.05, 0) is 83.3 Å². The first kappa shape index (κ1) is 20.5. The Bertz CT molecular complexity index is 1940. The van der Waals surface area contributed by atoms with Crippen molar-refractivity contribution in [1.29, 1.82) is 0 Å².